The molecule has 8 heteroatoms. The number of esters is 1. The minimum Gasteiger partial charge on any atom is -0.462 e. The van der Waals surface area contributed by atoms with E-state index in [-0.39, 0.29) is 43.2 Å². The van der Waals surface area contributed by atoms with Crippen molar-refractivity contribution in [1.29, 1.82) is 0 Å². The maximum absolute atomic E-state index is 13.3. The fraction of sp³-hybridized carbons (Fsp3) is 0.526. The van der Waals surface area contributed by atoms with Gasteiger partial charge in [0.2, 0.25) is 11.6 Å². The topological polar surface area (TPSA) is 66.9 Å². The molecule has 2 heterocycles. The van der Waals surface area contributed by atoms with Gasteiger partial charge in [-0.15, -0.1) is 23.2 Å². The summed E-state index contributed by atoms with van der Waals surface area (Å²) < 4.78 is 4.72. The number of benzene rings is 1. The third-order valence-electron chi connectivity index (χ3n) is 5.91. The van der Waals surface area contributed by atoms with Crippen molar-refractivity contribution >= 4 is 46.7 Å². The second kappa shape index (κ2) is 5.61. The molecule has 5 rings (SSSR count). The molecule has 2 aliphatic heterocycles. The van der Waals surface area contributed by atoms with Crippen molar-refractivity contribution < 1.29 is 19.1 Å². The second-order valence-corrected chi connectivity index (χ2v) is 9.27. The maximum atomic E-state index is 13.3. The molecule has 142 valence electrons. The summed E-state index contributed by atoms with van der Waals surface area (Å²) in [6.45, 7) is 0.0873. The van der Waals surface area contributed by atoms with Crippen LogP contribution >= 0.6 is 23.2 Å². The Morgan fingerprint density at radius 3 is 2.59 bits per heavy atom. The minimum atomic E-state index is -1.40. The minimum absolute atomic E-state index is 0.0483. The van der Waals surface area contributed by atoms with E-state index in [0.717, 1.165) is 12.8 Å². The molecule has 4 aliphatic rings. The first kappa shape index (κ1) is 17.3. The van der Waals surface area contributed by atoms with E-state index >= 15 is 0 Å². The number of carbonyl (C=O) groups is 3. The Hall–Kier alpha value is -1.79. The highest BCUT2D eigenvalue weighted by Crippen LogP contribution is 2.54. The third kappa shape index (κ3) is 2.42. The third-order valence-corrected chi connectivity index (χ3v) is 6.84. The van der Waals surface area contributed by atoms with Crippen molar-refractivity contribution in [3.05, 3.63) is 29.8 Å². The van der Waals surface area contributed by atoms with E-state index < -0.39 is 16.0 Å². The van der Waals surface area contributed by atoms with Gasteiger partial charge >= 0.3 is 5.97 Å². The van der Waals surface area contributed by atoms with E-state index in [1.54, 1.807) is 29.2 Å². The number of amides is 2. The van der Waals surface area contributed by atoms with Crippen LogP contribution in [0.3, 0.4) is 0 Å². The Labute approximate surface area is 166 Å². The number of anilines is 1. The van der Waals surface area contributed by atoms with Gasteiger partial charge in [-0.05, 0) is 31.4 Å². The number of carbonyl (C=O) groups excluding carboxylic acids is 3. The van der Waals surface area contributed by atoms with Gasteiger partial charge in [0.15, 0.2) is 0 Å². The van der Waals surface area contributed by atoms with Gasteiger partial charge in [0, 0.05) is 24.8 Å². The van der Waals surface area contributed by atoms with E-state index in [9.17, 15) is 14.4 Å². The van der Waals surface area contributed by atoms with Gasteiger partial charge in [0.1, 0.15) is 4.33 Å². The number of ether oxygens (including phenoxy) is 1. The van der Waals surface area contributed by atoms with Crippen LogP contribution in [0.25, 0.3) is 0 Å². The first-order valence-corrected chi connectivity index (χ1v) is 9.92. The number of hydrogen-bond acceptors (Lipinski definition) is 4. The van der Waals surface area contributed by atoms with Crippen LogP contribution in [0, 0.1) is 5.92 Å². The molecule has 0 unspecified atom stereocenters. The van der Waals surface area contributed by atoms with Crippen LogP contribution in [0.1, 0.15) is 42.5 Å². The van der Waals surface area contributed by atoms with Gasteiger partial charge in [0.05, 0.1) is 17.9 Å². The van der Waals surface area contributed by atoms with Gasteiger partial charge in [-0.1, -0.05) is 12.1 Å². The largest absolute Gasteiger partial charge is 0.462 e. The summed E-state index contributed by atoms with van der Waals surface area (Å²) in [4.78, 5) is 42.4. The lowest BCUT2D eigenvalue weighted by atomic mass is 9.96. The van der Waals surface area contributed by atoms with E-state index in [0.29, 0.717) is 17.7 Å². The molecule has 0 aromatic heterocycles. The van der Waals surface area contributed by atoms with Gasteiger partial charge < -0.3 is 9.64 Å². The molecule has 3 fully saturated rings. The van der Waals surface area contributed by atoms with E-state index in [2.05, 4.69) is 0 Å². The highest BCUT2D eigenvalue weighted by molar-refractivity contribution is 6.50. The molecule has 2 amide bonds. The molecule has 1 aromatic rings. The molecule has 2 saturated carbocycles. The van der Waals surface area contributed by atoms with Crippen LogP contribution in [-0.4, -0.2) is 45.3 Å². The first-order valence-electron chi connectivity index (χ1n) is 9.17. The molecular weight excluding hydrogens is 391 g/mol. The molecule has 0 spiro atoms. The Kier molecular flexibility index (Phi) is 3.60. The maximum Gasteiger partial charge on any atom is 0.353 e. The lowest BCUT2D eigenvalue weighted by molar-refractivity contribution is -0.158. The Morgan fingerprint density at radius 1 is 1.22 bits per heavy atom. The quantitative estimate of drug-likeness (QED) is 0.567. The fourth-order valence-corrected chi connectivity index (χ4v) is 4.75. The highest BCUT2D eigenvalue weighted by Gasteiger charge is 2.65. The first-order chi connectivity index (χ1) is 12.9. The van der Waals surface area contributed by atoms with Gasteiger partial charge in [-0.3, -0.25) is 14.5 Å². The summed E-state index contributed by atoms with van der Waals surface area (Å²) in [5.41, 5.74) is -0.472. The van der Waals surface area contributed by atoms with Crippen LogP contribution in [0.5, 0.6) is 0 Å². The number of alkyl halides is 2. The monoisotopic (exact) mass is 408 g/mol. The summed E-state index contributed by atoms with van der Waals surface area (Å²) in [7, 11) is 0. The summed E-state index contributed by atoms with van der Waals surface area (Å²) >= 11 is 12.1. The molecule has 27 heavy (non-hydrogen) atoms. The Balaban J connectivity index is 1.56. The normalized spacial score (nSPS) is 30.8. The molecule has 2 atom stereocenters. The smallest absolute Gasteiger partial charge is 0.353 e. The van der Waals surface area contributed by atoms with Gasteiger partial charge in [-0.2, -0.15) is 0 Å². The number of rotatable bonds is 4. The molecular formula is C19H18Cl2N2O4. The fourth-order valence-electron chi connectivity index (χ4n) is 4.25. The van der Waals surface area contributed by atoms with Crippen molar-refractivity contribution in [3.8, 4) is 0 Å². The predicted molar refractivity (Wildman–Crippen MR) is 98.6 cm³/mol. The predicted octanol–water partition coefficient (Wildman–Crippen LogP) is 2.86. The van der Waals surface area contributed by atoms with Crippen molar-refractivity contribution in [3.63, 3.8) is 0 Å². The molecule has 0 radical (unpaired) electrons. The zero-order chi connectivity index (χ0) is 19.0. The van der Waals surface area contributed by atoms with Crippen molar-refractivity contribution in [1.82, 2.24) is 4.90 Å². The number of halogens is 2. The van der Waals surface area contributed by atoms with Crippen LogP contribution in [-0.2, 0) is 14.3 Å². The van der Waals surface area contributed by atoms with Crippen LogP contribution < -0.4 is 4.90 Å². The molecule has 6 nitrogen and oxygen atoms in total. The van der Waals surface area contributed by atoms with Crippen molar-refractivity contribution in [2.45, 2.75) is 48.1 Å². The van der Waals surface area contributed by atoms with Crippen molar-refractivity contribution in [2.24, 2.45) is 5.92 Å². The zero-order valence-electron chi connectivity index (χ0n) is 14.5. The lowest BCUT2D eigenvalue weighted by Gasteiger charge is -2.48. The van der Waals surface area contributed by atoms with E-state index in [1.165, 1.54) is 4.90 Å². The number of nitrogens with zero attached hydrogens (tertiary/aromatic N) is 2. The Morgan fingerprint density at radius 2 is 1.93 bits per heavy atom. The molecule has 2 aliphatic carbocycles. The number of fused-ring (bicyclic) bond motifs is 3. The molecule has 1 aromatic carbocycles. The SMILES string of the molecule is O=C1CC[C@]2(C(=O)OC[C@H]3CC3(Cl)Cl)N1c1ccccc1C(=O)N2C1CC1. The second-order valence-electron chi connectivity index (χ2n) is 7.73. The standard InChI is InChI=1S/C19H18Cl2N2O4/c20-18(21)9-11(18)10-27-17(26)19-8-7-15(24)23(19)14-4-2-1-3-13(14)16(25)22(19)12-5-6-12/h1-4,11-12H,5-10H2/t11-,19-/m1/s1. The molecule has 1 saturated heterocycles. The number of para-hydroxylation sites is 1. The van der Waals surface area contributed by atoms with Gasteiger partial charge in [-0.25, -0.2) is 4.79 Å². The molecule has 0 N–H and O–H groups in total. The highest BCUT2D eigenvalue weighted by atomic mass is 35.5. The summed E-state index contributed by atoms with van der Waals surface area (Å²) in [6.07, 6.45) is 2.63. The van der Waals surface area contributed by atoms with Crippen LogP contribution in [0.4, 0.5) is 5.69 Å². The molecule has 0 bridgehead atoms. The number of hydrogen-bond donors (Lipinski definition) is 0. The summed E-state index contributed by atoms with van der Waals surface area (Å²) in [5.74, 6) is -1.08. The zero-order valence-corrected chi connectivity index (χ0v) is 16.0. The van der Waals surface area contributed by atoms with Crippen molar-refractivity contribution in [2.75, 3.05) is 11.5 Å². The van der Waals surface area contributed by atoms with Crippen LogP contribution in [0.15, 0.2) is 24.3 Å². The van der Waals surface area contributed by atoms with E-state index in [4.69, 9.17) is 27.9 Å². The average Bonchev–Trinajstić information content (AvgIpc) is 3.53. The average molecular weight is 409 g/mol. The van der Waals surface area contributed by atoms with E-state index in [1.807, 2.05) is 0 Å². The van der Waals surface area contributed by atoms with Gasteiger partial charge in [0.25, 0.3) is 5.91 Å². The summed E-state index contributed by atoms with van der Waals surface area (Å²) in [6, 6.07) is 6.90. The summed E-state index contributed by atoms with van der Waals surface area (Å²) in [5, 5.41) is 0. The lowest BCUT2D eigenvalue weighted by Crippen LogP contribution is -2.69. The van der Waals surface area contributed by atoms with Crippen LogP contribution in [0.2, 0.25) is 0 Å². The Bertz CT molecular complexity index is 869.